The Bertz CT molecular complexity index is 1030. The number of para-hydroxylation sites is 2. The number of nitrogens with zero attached hydrogens (tertiary/aromatic N) is 3. The highest BCUT2D eigenvalue weighted by Gasteiger charge is 2.19. The number of amides is 1. The summed E-state index contributed by atoms with van der Waals surface area (Å²) in [6.07, 6.45) is 1.81. The highest BCUT2D eigenvalue weighted by Crippen LogP contribution is 2.25. The molecule has 2 aromatic carbocycles. The maximum Gasteiger partial charge on any atom is 0.254 e. The molecule has 0 fully saturated rings. The van der Waals surface area contributed by atoms with Gasteiger partial charge in [0.25, 0.3) is 5.91 Å². The van der Waals surface area contributed by atoms with E-state index in [1.807, 2.05) is 77.9 Å². The number of rotatable bonds is 4. The summed E-state index contributed by atoms with van der Waals surface area (Å²) in [6.45, 7) is 2.05. The third-order valence-corrected chi connectivity index (χ3v) is 5.74. The van der Waals surface area contributed by atoms with Crippen molar-refractivity contribution in [3.63, 3.8) is 0 Å². The number of carbonyl (C=O) groups excluding carboxylic acids is 1. The molecule has 0 bridgehead atoms. The fraction of sp³-hybridized carbons (Fsp3) is 0.143. The maximum absolute atomic E-state index is 12.8. The van der Waals surface area contributed by atoms with Gasteiger partial charge in [-0.3, -0.25) is 9.36 Å². The second-order valence-electron chi connectivity index (χ2n) is 6.26. The van der Waals surface area contributed by atoms with Crippen LogP contribution in [0.3, 0.4) is 0 Å². The van der Waals surface area contributed by atoms with Crippen LogP contribution < -0.4 is 0 Å². The zero-order chi connectivity index (χ0) is 18.1. The van der Waals surface area contributed by atoms with Crippen molar-refractivity contribution in [1.29, 1.82) is 0 Å². The number of hydrogen-bond donors (Lipinski definition) is 0. The molecule has 1 unspecified atom stereocenters. The Morgan fingerprint density at radius 2 is 1.85 bits per heavy atom. The maximum atomic E-state index is 12.8. The van der Waals surface area contributed by atoms with Crippen molar-refractivity contribution in [2.24, 2.45) is 0 Å². The largest absolute Gasteiger partial charge is 0.334 e. The summed E-state index contributed by atoms with van der Waals surface area (Å²) in [5.41, 5.74) is 3.68. The monoisotopic (exact) mass is 361 g/mol. The molecule has 0 aliphatic carbocycles. The van der Waals surface area contributed by atoms with E-state index in [1.54, 1.807) is 16.2 Å². The molecule has 4 aromatic rings. The van der Waals surface area contributed by atoms with Gasteiger partial charge in [0.1, 0.15) is 6.33 Å². The average molecular weight is 361 g/mol. The average Bonchev–Trinajstić information content (AvgIpc) is 3.36. The molecule has 130 valence electrons. The van der Waals surface area contributed by atoms with Crippen molar-refractivity contribution >= 4 is 28.3 Å². The molecule has 0 N–H and O–H groups in total. The van der Waals surface area contributed by atoms with Gasteiger partial charge >= 0.3 is 0 Å². The Kier molecular flexibility index (Phi) is 4.31. The lowest BCUT2D eigenvalue weighted by Crippen LogP contribution is -2.29. The Balaban J connectivity index is 1.58. The lowest BCUT2D eigenvalue weighted by atomic mass is 10.1. The van der Waals surface area contributed by atoms with Crippen LogP contribution in [0.1, 0.15) is 28.2 Å². The van der Waals surface area contributed by atoms with E-state index < -0.39 is 0 Å². The van der Waals surface area contributed by atoms with E-state index in [-0.39, 0.29) is 11.9 Å². The predicted molar refractivity (Wildman–Crippen MR) is 106 cm³/mol. The van der Waals surface area contributed by atoms with Gasteiger partial charge in [-0.05, 0) is 54.8 Å². The molecule has 1 amide bonds. The third-order valence-electron chi connectivity index (χ3n) is 4.70. The number of hydrogen-bond acceptors (Lipinski definition) is 3. The fourth-order valence-electron chi connectivity index (χ4n) is 3.03. The first-order valence-electron chi connectivity index (χ1n) is 8.48. The normalized spacial score (nSPS) is 12.2. The smallest absolute Gasteiger partial charge is 0.254 e. The molecule has 2 aromatic heterocycles. The molecule has 2 heterocycles. The minimum atomic E-state index is 0.0212. The van der Waals surface area contributed by atoms with Crippen LogP contribution in [-0.2, 0) is 0 Å². The standard InChI is InChI=1S/C21H19N3OS/c1-15(20-8-5-13-26-20)23(2)21(25)16-9-11-17(12-10-16)24-14-22-18-6-3-4-7-19(18)24/h3-15H,1-2H3. The van der Waals surface area contributed by atoms with Crippen LogP contribution in [-0.4, -0.2) is 27.4 Å². The Morgan fingerprint density at radius 1 is 1.08 bits per heavy atom. The highest BCUT2D eigenvalue weighted by atomic mass is 32.1. The van der Waals surface area contributed by atoms with Crippen molar-refractivity contribution in [3.05, 3.63) is 82.8 Å². The van der Waals surface area contributed by atoms with Gasteiger partial charge in [-0.15, -0.1) is 11.3 Å². The van der Waals surface area contributed by atoms with Gasteiger partial charge in [0, 0.05) is 23.2 Å². The first-order valence-corrected chi connectivity index (χ1v) is 9.36. The zero-order valence-electron chi connectivity index (χ0n) is 14.7. The summed E-state index contributed by atoms with van der Waals surface area (Å²) in [5, 5.41) is 2.04. The summed E-state index contributed by atoms with van der Waals surface area (Å²) >= 11 is 1.67. The molecule has 0 aliphatic heterocycles. The molecule has 0 aliphatic rings. The lowest BCUT2D eigenvalue weighted by Gasteiger charge is -2.24. The van der Waals surface area contributed by atoms with Gasteiger partial charge in [-0.1, -0.05) is 18.2 Å². The highest BCUT2D eigenvalue weighted by molar-refractivity contribution is 7.10. The van der Waals surface area contributed by atoms with E-state index in [4.69, 9.17) is 0 Å². The number of fused-ring (bicyclic) bond motifs is 1. The van der Waals surface area contributed by atoms with E-state index in [9.17, 15) is 4.79 Å². The zero-order valence-corrected chi connectivity index (χ0v) is 15.5. The molecular formula is C21H19N3OS. The van der Waals surface area contributed by atoms with Gasteiger partial charge in [-0.25, -0.2) is 4.98 Å². The molecule has 0 saturated heterocycles. The predicted octanol–water partition coefficient (Wildman–Crippen LogP) is 4.92. The molecule has 1 atom stereocenters. The molecular weight excluding hydrogens is 342 g/mol. The first-order chi connectivity index (χ1) is 12.6. The van der Waals surface area contributed by atoms with Crippen molar-refractivity contribution in [2.45, 2.75) is 13.0 Å². The Labute approximate surface area is 156 Å². The topological polar surface area (TPSA) is 38.1 Å². The summed E-state index contributed by atoms with van der Waals surface area (Å²) in [4.78, 5) is 20.2. The summed E-state index contributed by atoms with van der Waals surface area (Å²) in [7, 11) is 1.85. The SMILES string of the molecule is CC(c1cccs1)N(C)C(=O)c1ccc(-n2cnc3ccccc32)cc1. The van der Waals surface area contributed by atoms with E-state index >= 15 is 0 Å². The van der Waals surface area contributed by atoms with Gasteiger partial charge < -0.3 is 4.90 Å². The molecule has 5 heteroatoms. The minimum absolute atomic E-state index is 0.0212. The van der Waals surface area contributed by atoms with Crippen LogP contribution in [0.4, 0.5) is 0 Å². The van der Waals surface area contributed by atoms with Gasteiger partial charge in [0.15, 0.2) is 0 Å². The number of imidazole rings is 1. The van der Waals surface area contributed by atoms with Gasteiger partial charge in [-0.2, -0.15) is 0 Å². The first kappa shape index (κ1) is 16.5. The molecule has 4 nitrogen and oxygen atoms in total. The minimum Gasteiger partial charge on any atom is -0.334 e. The van der Waals surface area contributed by atoms with Crippen molar-refractivity contribution in [2.75, 3.05) is 7.05 Å². The van der Waals surface area contributed by atoms with E-state index in [2.05, 4.69) is 18.0 Å². The molecule has 26 heavy (non-hydrogen) atoms. The van der Waals surface area contributed by atoms with Crippen LogP contribution in [0.25, 0.3) is 16.7 Å². The molecule has 4 rings (SSSR count). The Morgan fingerprint density at radius 3 is 2.58 bits per heavy atom. The molecule has 0 saturated carbocycles. The number of benzene rings is 2. The molecule has 0 radical (unpaired) electrons. The van der Waals surface area contributed by atoms with Crippen LogP contribution in [0.2, 0.25) is 0 Å². The quantitative estimate of drug-likeness (QED) is 0.517. The van der Waals surface area contributed by atoms with Gasteiger partial charge in [0.05, 0.1) is 17.1 Å². The van der Waals surface area contributed by atoms with Crippen LogP contribution in [0, 0.1) is 0 Å². The summed E-state index contributed by atoms with van der Waals surface area (Å²) in [5.74, 6) is 0.0212. The van der Waals surface area contributed by atoms with E-state index in [1.165, 1.54) is 4.88 Å². The molecule has 0 spiro atoms. The van der Waals surface area contributed by atoms with Crippen LogP contribution in [0.15, 0.2) is 72.4 Å². The third kappa shape index (κ3) is 2.91. The second kappa shape index (κ2) is 6.77. The number of aromatic nitrogens is 2. The number of thiophene rings is 1. The lowest BCUT2D eigenvalue weighted by molar-refractivity contribution is 0.0745. The number of carbonyl (C=O) groups is 1. The second-order valence-corrected chi connectivity index (χ2v) is 7.24. The summed E-state index contributed by atoms with van der Waals surface area (Å²) < 4.78 is 2.03. The fourth-order valence-corrected chi connectivity index (χ4v) is 3.86. The Hall–Kier alpha value is -2.92. The van der Waals surface area contributed by atoms with Crippen molar-refractivity contribution in [3.8, 4) is 5.69 Å². The van der Waals surface area contributed by atoms with Crippen LogP contribution >= 0.6 is 11.3 Å². The van der Waals surface area contributed by atoms with Crippen molar-refractivity contribution in [1.82, 2.24) is 14.5 Å². The van der Waals surface area contributed by atoms with Crippen LogP contribution in [0.5, 0.6) is 0 Å². The van der Waals surface area contributed by atoms with E-state index in [0.717, 1.165) is 16.7 Å². The van der Waals surface area contributed by atoms with Crippen molar-refractivity contribution < 1.29 is 4.79 Å². The van der Waals surface area contributed by atoms with E-state index in [0.29, 0.717) is 5.56 Å². The van der Waals surface area contributed by atoms with Gasteiger partial charge in [0.2, 0.25) is 0 Å². The summed E-state index contributed by atoms with van der Waals surface area (Å²) in [6, 6.07) is 19.8.